The van der Waals surface area contributed by atoms with E-state index in [-0.39, 0.29) is 5.76 Å². The molecule has 6 nitrogen and oxygen atoms in total. The van der Waals surface area contributed by atoms with Gasteiger partial charge in [0.15, 0.2) is 6.61 Å². The van der Waals surface area contributed by atoms with Crippen molar-refractivity contribution in [1.82, 2.24) is 0 Å². The molecule has 2 aromatic carbocycles. The zero-order valence-corrected chi connectivity index (χ0v) is 17.1. The highest BCUT2D eigenvalue weighted by Gasteiger charge is 2.21. The lowest BCUT2D eigenvalue weighted by atomic mass is 9.97. The van der Waals surface area contributed by atoms with Crippen LogP contribution in [0.15, 0.2) is 46.9 Å². The van der Waals surface area contributed by atoms with E-state index in [9.17, 15) is 9.59 Å². The molecule has 1 N–H and O–H groups in total. The van der Waals surface area contributed by atoms with Gasteiger partial charge in [-0.1, -0.05) is 32.0 Å². The van der Waals surface area contributed by atoms with Crippen LogP contribution in [-0.4, -0.2) is 25.6 Å². The summed E-state index contributed by atoms with van der Waals surface area (Å²) in [5.41, 5.74) is 2.99. The highest BCUT2D eigenvalue weighted by molar-refractivity contribution is 5.98. The molecule has 152 valence electrons. The number of carbonyl (C=O) groups is 2. The fourth-order valence-corrected chi connectivity index (χ4v) is 3.17. The van der Waals surface area contributed by atoms with Crippen molar-refractivity contribution in [2.75, 3.05) is 19.0 Å². The molecule has 0 bridgehead atoms. The summed E-state index contributed by atoms with van der Waals surface area (Å²) >= 11 is 0. The molecule has 0 unspecified atom stereocenters. The number of para-hydroxylation sites is 1. The number of nitrogens with one attached hydrogen (secondary N) is 1. The van der Waals surface area contributed by atoms with E-state index in [1.165, 1.54) is 0 Å². The number of anilines is 1. The van der Waals surface area contributed by atoms with E-state index in [1.807, 2.05) is 24.3 Å². The Kier molecular flexibility index (Phi) is 6.22. The highest BCUT2D eigenvalue weighted by Crippen LogP contribution is 2.29. The quantitative estimate of drug-likeness (QED) is 0.566. The van der Waals surface area contributed by atoms with Gasteiger partial charge in [0.2, 0.25) is 5.76 Å². The second-order valence-corrected chi connectivity index (χ2v) is 6.94. The van der Waals surface area contributed by atoms with Gasteiger partial charge in [-0.2, -0.15) is 0 Å². The third kappa shape index (κ3) is 4.42. The van der Waals surface area contributed by atoms with Gasteiger partial charge < -0.3 is 19.2 Å². The van der Waals surface area contributed by atoms with Gasteiger partial charge in [-0.3, -0.25) is 4.79 Å². The number of hydrogen-bond donors (Lipinski definition) is 1. The Labute approximate surface area is 169 Å². The zero-order chi connectivity index (χ0) is 21.0. The standard InChI is InChI=1S/C23H25NO5/c1-5-14(2)17-8-6-7-9-19(17)24-21(25)13-28-23(26)22-15(3)18-12-16(27-4)10-11-20(18)29-22/h6-12,14H,5,13H2,1-4H3,(H,24,25)/t14-/m0/s1. The Morgan fingerprint density at radius 3 is 2.66 bits per heavy atom. The second-order valence-electron chi connectivity index (χ2n) is 6.94. The molecule has 0 spiro atoms. The van der Waals surface area contributed by atoms with Crippen molar-refractivity contribution in [3.8, 4) is 5.75 Å². The molecule has 1 aromatic heterocycles. The van der Waals surface area contributed by atoms with E-state index in [2.05, 4.69) is 19.2 Å². The normalized spacial score (nSPS) is 11.9. The molecule has 0 fully saturated rings. The number of esters is 1. The minimum Gasteiger partial charge on any atom is -0.497 e. The molecule has 0 aliphatic rings. The van der Waals surface area contributed by atoms with Gasteiger partial charge in [0.25, 0.3) is 5.91 Å². The molecule has 1 heterocycles. The van der Waals surface area contributed by atoms with Crippen molar-refractivity contribution in [2.24, 2.45) is 0 Å². The minimum atomic E-state index is -0.678. The number of amides is 1. The molecule has 1 amide bonds. The number of methoxy groups -OCH3 is 1. The van der Waals surface area contributed by atoms with E-state index in [0.29, 0.717) is 22.8 Å². The van der Waals surface area contributed by atoms with Gasteiger partial charge in [-0.05, 0) is 49.1 Å². The van der Waals surface area contributed by atoms with Gasteiger partial charge >= 0.3 is 5.97 Å². The lowest BCUT2D eigenvalue weighted by Gasteiger charge is -2.15. The fourth-order valence-electron chi connectivity index (χ4n) is 3.17. The number of rotatable bonds is 7. The molecular weight excluding hydrogens is 370 g/mol. The van der Waals surface area contributed by atoms with Crippen LogP contribution in [0.5, 0.6) is 5.75 Å². The highest BCUT2D eigenvalue weighted by atomic mass is 16.5. The van der Waals surface area contributed by atoms with Gasteiger partial charge in [-0.15, -0.1) is 0 Å². The number of hydrogen-bond acceptors (Lipinski definition) is 5. The topological polar surface area (TPSA) is 77.8 Å². The maximum atomic E-state index is 12.4. The Hall–Kier alpha value is -3.28. The Morgan fingerprint density at radius 1 is 1.17 bits per heavy atom. The molecule has 0 saturated heterocycles. The van der Waals surface area contributed by atoms with Crippen LogP contribution in [0, 0.1) is 6.92 Å². The largest absolute Gasteiger partial charge is 0.497 e. The van der Waals surface area contributed by atoms with Crippen molar-refractivity contribution < 1.29 is 23.5 Å². The first-order valence-electron chi connectivity index (χ1n) is 9.57. The smallest absolute Gasteiger partial charge is 0.375 e. The summed E-state index contributed by atoms with van der Waals surface area (Å²) in [6.45, 7) is 5.57. The molecule has 0 aliphatic heterocycles. The van der Waals surface area contributed by atoms with Crippen molar-refractivity contribution in [3.05, 3.63) is 59.4 Å². The van der Waals surface area contributed by atoms with Crippen molar-refractivity contribution >= 4 is 28.5 Å². The van der Waals surface area contributed by atoms with E-state index >= 15 is 0 Å². The van der Waals surface area contributed by atoms with E-state index in [4.69, 9.17) is 13.9 Å². The number of fused-ring (bicyclic) bond motifs is 1. The van der Waals surface area contributed by atoms with Crippen LogP contribution in [0.2, 0.25) is 0 Å². The summed E-state index contributed by atoms with van der Waals surface area (Å²) in [5, 5.41) is 3.59. The van der Waals surface area contributed by atoms with Crippen LogP contribution < -0.4 is 10.1 Å². The first-order chi connectivity index (χ1) is 13.9. The average Bonchev–Trinajstić information content (AvgIpc) is 3.07. The Morgan fingerprint density at radius 2 is 1.93 bits per heavy atom. The fraction of sp³-hybridized carbons (Fsp3) is 0.304. The third-order valence-corrected chi connectivity index (χ3v) is 5.04. The first-order valence-corrected chi connectivity index (χ1v) is 9.57. The molecular formula is C23H25NO5. The molecule has 0 saturated carbocycles. The number of aryl methyl sites for hydroxylation is 1. The summed E-state index contributed by atoms with van der Waals surface area (Å²) in [6, 6.07) is 12.9. The molecule has 3 aromatic rings. The molecule has 6 heteroatoms. The van der Waals surface area contributed by atoms with Crippen LogP contribution in [-0.2, 0) is 9.53 Å². The predicted molar refractivity (Wildman–Crippen MR) is 112 cm³/mol. The summed E-state index contributed by atoms with van der Waals surface area (Å²) in [7, 11) is 1.57. The summed E-state index contributed by atoms with van der Waals surface area (Å²) in [6.07, 6.45) is 0.956. The second kappa shape index (κ2) is 8.82. The van der Waals surface area contributed by atoms with Crippen LogP contribution in [0.1, 0.15) is 47.9 Å². The summed E-state index contributed by atoms with van der Waals surface area (Å²) in [5.74, 6) is -0.0152. The van der Waals surface area contributed by atoms with Gasteiger partial charge in [0, 0.05) is 16.6 Å². The van der Waals surface area contributed by atoms with E-state index in [1.54, 1.807) is 32.2 Å². The monoisotopic (exact) mass is 395 g/mol. The Balaban J connectivity index is 1.68. The predicted octanol–water partition coefficient (Wildman–Crippen LogP) is 5.06. The zero-order valence-electron chi connectivity index (χ0n) is 17.1. The van der Waals surface area contributed by atoms with Crippen LogP contribution in [0.3, 0.4) is 0 Å². The van der Waals surface area contributed by atoms with Crippen LogP contribution in [0.4, 0.5) is 5.69 Å². The maximum Gasteiger partial charge on any atom is 0.375 e. The minimum absolute atomic E-state index is 0.0843. The molecule has 1 atom stereocenters. The summed E-state index contributed by atoms with van der Waals surface area (Å²) in [4.78, 5) is 24.8. The van der Waals surface area contributed by atoms with Crippen molar-refractivity contribution in [1.29, 1.82) is 0 Å². The molecule has 3 rings (SSSR count). The van der Waals surface area contributed by atoms with Crippen molar-refractivity contribution in [2.45, 2.75) is 33.1 Å². The van der Waals surface area contributed by atoms with E-state index < -0.39 is 18.5 Å². The SMILES string of the molecule is CC[C@H](C)c1ccccc1NC(=O)COC(=O)c1oc2ccc(OC)cc2c1C. The first kappa shape index (κ1) is 20.5. The molecule has 0 radical (unpaired) electrons. The lowest BCUT2D eigenvalue weighted by molar-refractivity contribution is -0.119. The molecule has 0 aliphatic carbocycles. The van der Waals surface area contributed by atoms with Crippen molar-refractivity contribution in [3.63, 3.8) is 0 Å². The van der Waals surface area contributed by atoms with Gasteiger partial charge in [0.1, 0.15) is 11.3 Å². The number of benzene rings is 2. The number of furan rings is 1. The van der Waals surface area contributed by atoms with Crippen LogP contribution >= 0.6 is 0 Å². The van der Waals surface area contributed by atoms with E-state index in [0.717, 1.165) is 23.1 Å². The van der Waals surface area contributed by atoms with Gasteiger partial charge in [0.05, 0.1) is 7.11 Å². The van der Waals surface area contributed by atoms with Crippen LogP contribution in [0.25, 0.3) is 11.0 Å². The number of ether oxygens (including phenoxy) is 2. The number of carbonyl (C=O) groups excluding carboxylic acids is 2. The third-order valence-electron chi connectivity index (χ3n) is 5.04. The van der Waals surface area contributed by atoms with Gasteiger partial charge in [-0.25, -0.2) is 4.79 Å². The average molecular weight is 395 g/mol. The maximum absolute atomic E-state index is 12.4. The Bertz CT molecular complexity index is 1040. The lowest BCUT2D eigenvalue weighted by Crippen LogP contribution is -2.21. The summed E-state index contributed by atoms with van der Waals surface area (Å²) < 4.78 is 16.0. The molecule has 29 heavy (non-hydrogen) atoms.